The lowest BCUT2D eigenvalue weighted by Gasteiger charge is -2.07. The SMILES string of the molecule is O=C(Cc1ccccc1)NCCNC(=O)Cc1cccs1. The van der Waals surface area contributed by atoms with Crippen LogP contribution in [0, 0.1) is 0 Å². The van der Waals surface area contributed by atoms with Crippen molar-refractivity contribution < 1.29 is 9.59 Å². The molecule has 0 aliphatic rings. The van der Waals surface area contributed by atoms with Gasteiger partial charge < -0.3 is 10.6 Å². The minimum atomic E-state index is -0.0336. The van der Waals surface area contributed by atoms with Crippen molar-refractivity contribution in [3.05, 3.63) is 58.3 Å². The zero-order valence-electron chi connectivity index (χ0n) is 11.7. The van der Waals surface area contributed by atoms with E-state index in [2.05, 4.69) is 10.6 Å². The van der Waals surface area contributed by atoms with Crippen LogP contribution in [0.1, 0.15) is 10.4 Å². The van der Waals surface area contributed by atoms with Gasteiger partial charge in [0, 0.05) is 18.0 Å². The van der Waals surface area contributed by atoms with Crippen LogP contribution in [0.15, 0.2) is 47.8 Å². The minimum Gasteiger partial charge on any atom is -0.354 e. The maximum Gasteiger partial charge on any atom is 0.225 e. The van der Waals surface area contributed by atoms with Crippen molar-refractivity contribution >= 4 is 23.2 Å². The lowest BCUT2D eigenvalue weighted by Crippen LogP contribution is -2.35. The van der Waals surface area contributed by atoms with E-state index in [1.54, 1.807) is 11.3 Å². The number of benzene rings is 1. The van der Waals surface area contributed by atoms with Crippen LogP contribution in [-0.4, -0.2) is 24.9 Å². The van der Waals surface area contributed by atoms with Gasteiger partial charge in [-0.3, -0.25) is 9.59 Å². The average Bonchev–Trinajstić information content (AvgIpc) is 2.97. The van der Waals surface area contributed by atoms with E-state index in [0.717, 1.165) is 10.4 Å². The smallest absolute Gasteiger partial charge is 0.225 e. The molecule has 0 aliphatic heterocycles. The third kappa shape index (κ3) is 5.79. The van der Waals surface area contributed by atoms with Gasteiger partial charge in [-0.2, -0.15) is 0 Å². The van der Waals surface area contributed by atoms with Gasteiger partial charge in [0.1, 0.15) is 0 Å². The van der Waals surface area contributed by atoms with Crippen LogP contribution in [0.4, 0.5) is 0 Å². The molecule has 0 bridgehead atoms. The number of amides is 2. The van der Waals surface area contributed by atoms with E-state index in [4.69, 9.17) is 0 Å². The Morgan fingerprint density at radius 1 is 0.857 bits per heavy atom. The summed E-state index contributed by atoms with van der Waals surface area (Å²) in [6.07, 6.45) is 0.764. The summed E-state index contributed by atoms with van der Waals surface area (Å²) in [7, 11) is 0. The van der Waals surface area contributed by atoms with Gasteiger partial charge in [-0.1, -0.05) is 36.4 Å². The fourth-order valence-electron chi connectivity index (χ4n) is 1.88. The molecule has 4 nitrogen and oxygen atoms in total. The van der Waals surface area contributed by atoms with Crippen molar-refractivity contribution in [3.63, 3.8) is 0 Å². The molecule has 2 rings (SSSR count). The van der Waals surface area contributed by atoms with Crippen molar-refractivity contribution in [1.29, 1.82) is 0 Å². The van der Waals surface area contributed by atoms with Crippen LogP contribution in [0.25, 0.3) is 0 Å². The fraction of sp³-hybridized carbons (Fsp3) is 0.250. The largest absolute Gasteiger partial charge is 0.354 e. The summed E-state index contributed by atoms with van der Waals surface area (Å²) in [6.45, 7) is 0.895. The second kappa shape index (κ2) is 8.21. The number of thiophene rings is 1. The minimum absolute atomic E-state index is 0.0187. The molecule has 110 valence electrons. The Hall–Kier alpha value is -2.14. The van der Waals surface area contributed by atoms with Crippen LogP contribution in [0.2, 0.25) is 0 Å². The molecule has 0 aliphatic carbocycles. The molecule has 2 amide bonds. The molecule has 0 saturated carbocycles. The first-order valence-electron chi connectivity index (χ1n) is 6.84. The molecule has 0 atom stereocenters. The van der Waals surface area contributed by atoms with Crippen LogP contribution in [-0.2, 0) is 22.4 Å². The molecule has 2 N–H and O–H groups in total. The van der Waals surface area contributed by atoms with E-state index in [0.29, 0.717) is 25.9 Å². The lowest BCUT2D eigenvalue weighted by atomic mass is 10.1. The van der Waals surface area contributed by atoms with Crippen molar-refractivity contribution in [2.24, 2.45) is 0 Å². The number of carbonyl (C=O) groups is 2. The van der Waals surface area contributed by atoms with Crippen LogP contribution >= 0.6 is 11.3 Å². The summed E-state index contributed by atoms with van der Waals surface area (Å²) < 4.78 is 0. The number of nitrogens with one attached hydrogen (secondary N) is 2. The Bertz CT molecular complexity index is 567. The quantitative estimate of drug-likeness (QED) is 0.766. The van der Waals surface area contributed by atoms with Gasteiger partial charge in [0.2, 0.25) is 11.8 Å². The molecular weight excluding hydrogens is 284 g/mol. The van der Waals surface area contributed by atoms with E-state index in [9.17, 15) is 9.59 Å². The first-order chi connectivity index (χ1) is 10.2. The highest BCUT2D eigenvalue weighted by Crippen LogP contribution is 2.08. The van der Waals surface area contributed by atoms with Crippen LogP contribution in [0.5, 0.6) is 0 Å². The predicted octanol–water partition coefficient (Wildman–Crippen LogP) is 1.77. The highest BCUT2D eigenvalue weighted by atomic mass is 32.1. The Morgan fingerprint density at radius 3 is 2.14 bits per heavy atom. The molecule has 0 unspecified atom stereocenters. The van der Waals surface area contributed by atoms with Gasteiger partial charge in [-0.05, 0) is 17.0 Å². The monoisotopic (exact) mass is 302 g/mol. The van der Waals surface area contributed by atoms with Gasteiger partial charge in [-0.25, -0.2) is 0 Å². The van der Waals surface area contributed by atoms with Gasteiger partial charge in [0.25, 0.3) is 0 Å². The first-order valence-corrected chi connectivity index (χ1v) is 7.72. The van der Waals surface area contributed by atoms with Crippen molar-refractivity contribution in [1.82, 2.24) is 10.6 Å². The molecule has 1 aromatic heterocycles. The van der Waals surface area contributed by atoms with Gasteiger partial charge in [0.05, 0.1) is 12.8 Å². The Kier molecular flexibility index (Phi) is 5.97. The Balaban J connectivity index is 1.59. The topological polar surface area (TPSA) is 58.2 Å². The zero-order chi connectivity index (χ0) is 14.9. The summed E-state index contributed by atoms with van der Waals surface area (Å²) in [5.41, 5.74) is 0.983. The molecule has 0 saturated heterocycles. The molecule has 0 fully saturated rings. The van der Waals surface area contributed by atoms with E-state index >= 15 is 0 Å². The average molecular weight is 302 g/mol. The molecule has 21 heavy (non-hydrogen) atoms. The third-order valence-corrected chi connectivity index (χ3v) is 3.77. The van der Waals surface area contributed by atoms with Crippen molar-refractivity contribution in [2.45, 2.75) is 12.8 Å². The predicted molar refractivity (Wildman–Crippen MR) is 84.2 cm³/mol. The Labute approximate surface area is 128 Å². The summed E-state index contributed by atoms with van der Waals surface area (Å²) in [4.78, 5) is 24.4. The van der Waals surface area contributed by atoms with Gasteiger partial charge in [0.15, 0.2) is 0 Å². The van der Waals surface area contributed by atoms with Crippen LogP contribution in [0.3, 0.4) is 0 Å². The fourth-order valence-corrected chi connectivity index (χ4v) is 2.58. The van der Waals surface area contributed by atoms with Crippen LogP contribution < -0.4 is 10.6 Å². The van der Waals surface area contributed by atoms with Crippen molar-refractivity contribution in [2.75, 3.05) is 13.1 Å². The maximum atomic E-state index is 11.7. The molecule has 0 spiro atoms. The second-order valence-electron chi connectivity index (χ2n) is 4.62. The van der Waals surface area contributed by atoms with Crippen molar-refractivity contribution in [3.8, 4) is 0 Å². The van der Waals surface area contributed by atoms with E-state index in [1.165, 1.54) is 0 Å². The molecule has 0 radical (unpaired) electrons. The molecule has 5 heteroatoms. The Morgan fingerprint density at radius 2 is 1.52 bits per heavy atom. The molecule has 1 heterocycles. The normalized spacial score (nSPS) is 10.1. The van der Waals surface area contributed by atoms with Gasteiger partial charge >= 0.3 is 0 Å². The maximum absolute atomic E-state index is 11.7. The van der Waals surface area contributed by atoms with E-state index in [1.807, 2.05) is 47.8 Å². The number of hydrogen-bond donors (Lipinski definition) is 2. The highest BCUT2D eigenvalue weighted by molar-refractivity contribution is 7.10. The number of rotatable bonds is 7. The molecule has 1 aromatic carbocycles. The summed E-state index contributed by atoms with van der Waals surface area (Å²) in [5, 5.41) is 7.54. The highest BCUT2D eigenvalue weighted by Gasteiger charge is 2.05. The second-order valence-corrected chi connectivity index (χ2v) is 5.65. The first kappa shape index (κ1) is 15.3. The molecular formula is C16H18N2O2S. The zero-order valence-corrected chi connectivity index (χ0v) is 12.5. The summed E-state index contributed by atoms with van der Waals surface area (Å²) >= 11 is 1.57. The number of carbonyl (C=O) groups excluding carboxylic acids is 2. The molecule has 2 aromatic rings. The lowest BCUT2D eigenvalue weighted by molar-refractivity contribution is -0.122. The van der Waals surface area contributed by atoms with Gasteiger partial charge in [-0.15, -0.1) is 11.3 Å². The van der Waals surface area contributed by atoms with E-state index in [-0.39, 0.29) is 11.8 Å². The third-order valence-electron chi connectivity index (χ3n) is 2.89. The summed E-state index contributed by atoms with van der Waals surface area (Å²) in [6, 6.07) is 13.4. The number of hydrogen-bond acceptors (Lipinski definition) is 3. The van der Waals surface area contributed by atoms with E-state index < -0.39 is 0 Å². The standard InChI is InChI=1S/C16H18N2O2S/c19-15(11-13-5-2-1-3-6-13)17-8-9-18-16(20)12-14-7-4-10-21-14/h1-7,10H,8-9,11-12H2,(H,17,19)(H,18,20). The summed E-state index contributed by atoms with van der Waals surface area (Å²) in [5.74, 6) is -0.0523.